The van der Waals surface area contributed by atoms with E-state index in [-0.39, 0.29) is 5.02 Å². The monoisotopic (exact) mass is 295 g/mol. The van der Waals surface area contributed by atoms with Gasteiger partial charge in [-0.15, -0.1) is 0 Å². The number of anilines is 1. The van der Waals surface area contributed by atoms with Gasteiger partial charge in [-0.05, 0) is 36.4 Å². The molecule has 0 amide bonds. The first kappa shape index (κ1) is 14.5. The second-order valence-electron chi connectivity index (χ2n) is 4.20. The molecule has 0 spiro atoms. The highest BCUT2D eigenvalue weighted by Gasteiger charge is 2.01. The number of benzene rings is 2. The van der Waals surface area contributed by atoms with Crippen molar-refractivity contribution in [3.05, 3.63) is 53.3 Å². The zero-order valence-electron chi connectivity index (χ0n) is 10.8. The number of hydrogen-bond donors (Lipinski definition) is 1. The molecule has 0 atom stereocenters. The van der Waals surface area contributed by atoms with Gasteiger partial charge in [-0.25, -0.2) is 4.39 Å². The summed E-state index contributed by atoms with van der Waals surface area (Å²) in [7, 11) is 0. The Morgan fingerprint density at radius 2 is 1.55 bits per heavy atom. The molecule has 5 heteroatoms. The molecule has 2 aromatic carbocycles. The summed E-state index contributed by atoms with van der Waals surface area (Å²) in [6, 6.07) is 11.5. The molecule has 0 fully saturated rings. The first-order chi connectivity index (χ1) is 9.65. The van der Waals surface area contributed by atoms with Crippen molar-refractivity contribution in [1.29, 1.82) is 0 Å². The normalized spacial score (nSPS) is 10.3. The van der Waals surface area contributed by atoms with E-state index in [0.29, 0.717) is 31.1 Å². The molecule has 2 N–H and O–H groups in total. The highest BCUT2D eigenvalue weighted by atomic mass is 35.5. The summed E-state index contributed by atoms with van der Waals surface area (Å²) in [5, 5.41) is 0.0561. The van der Waals surface area contributed by atoms with E-state index >= 15 is 0 Å². The molecular weight excluding hydrogens is 281 g/mol. The van der Waals surface area contributed by atoms with Crippen molar-refractivity contribution in [2.24, 2.45) is 0 Å². The zero-order chi connectivity index (χ0) is 14.4. The second kappa shape index (κ2) is 7.01. The summed E-state index contributed by atoms with van der Waals surface area (Å²) in [5.74, 6) is 0.860. The highest BCUT2D eigenvalue weighted by Crippen LogP contribution is 2.21. The summed E-state index contributed by atoms with van der Waals surface area (Å²) in [4.78, 5) is 0. The SMILES string of the molecule is Nc1ccc(OCCCOc2ccc(F)c(Cl)c2)cc1. The van der Waals surface area contributed by atoms with Crippen molar-refractivity contribution >= 4 is 17.3 Å². The molecule has 0 bridgehead atoms. The lowest BCUT2D eigenvalue weighted by Crippen LogP contribution is -2.05. The molecule has 0 saturated heterocycles. The maximum Gasteiger partial charge on any atom is 0.142 e. The van der Waals surface area contributed by atoms with Crippen molar-refractivity contribution in [1.82, 2.24) is 0 Å². The van der Waals surface area contributed by atoms with Crippen LogP contribution in [0.15, 0.2) is 42.5 Å². The molecule has 0 radical (unpaired) electrons. The molecule has 0 aromatic heterocycles. The van der Waals surface area contributed by atoms with Gasteiger partial charge in [0.1, 0.15) is 17.3 Å². The van der Waals surface area contributed by atoms with Crippen LogP contribution in [0.3, 0.4) is 0 Å². The fraction of sp³-hybridized carbons (Fsp3) is 0.200. The fourth-order valence-electron chi connectivity index (χ4n) is 1.57. The Bertz CT molecular complexity index is 560. The average Bonchev–Trinajstić information content (AvgIpc) is 2.44. The van der Waals surface area contributed by atoms with Crippen molar-refractivity contribution in [2.45, 2.75) is 6.42 Å². The minimum atomic E-state index is -0.453. The molecule has 0 unspecified atom stereocenters. The minimum absolute atomic E-state index is 0.0561. The molecule has 0 aliphatic carbocycles. The van der Waals surface area contributed by atoms with Crippen molar-refractivity contribution in [3.8, 4) is 11.5 Å². The van der Waals surface area contributed by atoms with Crippen molar-refractivity contribution in [3.63, 3.8) is 0 Å². The number of nitrogen functional groups attached to an aromatic ring is 1. The lowest BCUT2D eigenvalue weighted by atomic mass is 10.3. The topological polar surface area (TPSA) is 44.5 Å². The van der Waals surface area contributed by atoms with Gasteiger partial charge in [0.2, 0.25) is 0 Å². The average molecular weight is 296 g/mol. The van der Waals surface area contributed by atoms with Crippen LogP contribution in [0.2, 0.25) is 5.02 Å². The standard InChI is InChI=1S/C15H15ClFNO2/c16-14-10-13(6-7-15(14)17)20-9-1-8-19-12-4-2-11(18)3-5-12/h2-7,10H,1,8-9,18H2. The van der Waals surface area contributed by atoms with Gasteiger partial charge >= 0.3 is 0 Å². The Hall–Kier alpha value is -1.94. The van der Waals surface area contributed by atoms with E-state index in [1.54, 1.807) is 18.2 Å². The van der Waals surface area contributed by atoms with Crippen LogP contribution >= 0.6 is 11.6 Å². The van der Waals surface area contributed by atoms with Crippen LogP contribution in [0.4, 0.5) is 10.1 Å². The first-order valence-electron chi connectivity index (χ1n) is 6.21. The Balaban J connectivity index is 1.68. The van der Waals surface area contributed by atoms with Gasteiger partial charge in [0, 0.05) is 18.2 Å². The molecule has 0 saturated carbocycles. The van der Waals surface area contributed by atoms with Gasteiger partial charge in [0.25, 0.3) is 0 Å². The molecule has 20 heavy (non-hydrogen) atoms. The molecule has 106 valence electrons. The number of rotatable bonds is 6. The van der Waals surface area contributed by atoms with Crippen LogP contribution in [-0.4, -0.2) is 13.2 Å². The first-order valence-corrected chi connectivity index (χ1v) is 6.59. The maximum atomic E-state index is 12.9. The predicted octanol–water partition coefficient (Wildman–Crippen LogP) is 3.91. The minimum Gasteiger partial charge on any atom is -0.493 e. The number of ether oxygens (including phenoxy) is 2. The van der Waals surface area contributed by atoms with E-state index in [0.717, 1.165) is 5.75 Å². The lowest BCUT2D eigenvalue weighted by molar-refractivity contribution is 0.247. The Morgan fingerprint density at radius 3 is 2.20 bits per heavy atom. The van der Waals surface area contributed by atoms with Crippen molar-refractivity contribution < 1.29 is 13.9 Å². The Kier molecular flexibility index (Phi) is 5.07. The summed E-state index contributed by atoms with van der Waals surface area (Å²) in [6.45, 7) is 0.996. The predicted molar refractivity (Wildman–Crippen MR) is 77.9 cm³/mol. The van der Waals surface area contributed by atoms with Gasteiger partial charge in [0.05, 0.1) is 18.2 Å². The van der Waals surface area contributed by atoms with Gasteiger partial charge in [-0.1, -0.05) is 11.6 Å². The smallest absolute Gasteiger partial charge is 0.142 e. The van der Waals surface area contributed by atoms with Crippen LogP contribution < -0.4 is 15.2 Å². The molecule has 2 aromatic rings. The van der Waals surface area contributed by atoms with Crippen LogP contribution in [0, 0.1) is 5.82 Å². The number of halogens is 2. The molecule has 2 rings (SSSR count). The van der Waals surface area contributed by atoms with Gasteiger partial charge in [0.15, 0.2) is 0 Å². The summed E-state index contributed by atoms with van der Waals surface area (Å²) in [5.41, 5.74) is 6.28. The largest absolute Gasteiger partial charge is 0.493 e. The van der Waals surface area contributed by atoms with Crippen LogP contribution in [0.1, 0.15) is 6.42 Å². The fourth-order valence-corrected chi connectivity index (χ4v) is 1.74. The van der Waals surface area contributed by atoms with Gasteiger partial charge in [-0.2, -0.15) is 0 Å². The van der Waals surface area contributed by atoms with E-state index < -0.39 is 5.82 Å². The quantitative estimate of drug-likeness (QED) is 0.649. The maximum absolute atomic E-state index is 12.9. The molecule has 0 aliphatic rings. The number of nitrogens with two attached hydrogens (primary N) is 1. The third-order valence-corrected chi connectivity index (χ3v) is 2.89. The summed E-state index contributed by atoms with van der Waals surface area (Å²) < 4.78 is 23.9. The van der Waals surface area contributed by atoms with Gasteiger partial charge in [-0.3, -0.25) is 0 Å². The highest BCUT2D eigenvalue weighted by molar-refractivity contribution is 6.30. The van der Waals surface area contributed by atoms with E-state index in [2.05, 4.69) is 0 Å². The van der Waals surface area contributed by atoms with E-state index in [9.17, 15) is 4.39 Å². The third-order valence-electron chi connectivity index (χ3n) is 2.60. The molecule has 0 aliphatic heterocycles. The molecule has 0 heterocycles. The van der Waals surface area contributed by atoms with Crippen LogP contribution in [-0.2, 0) is 0 Å². The third kappa shape index (κ3) is 4.31. The van der Waals surface area contributed by atoms with E-state index in [4.69, 9.17) is 26.8 Å². The zero-order valence-corrected chi connectivity index (χ0v) is 11.6. The second-order valence-corrected chi connectivity index (χ2v) is 4.60. The molecular formula is C15H15ClFNO2. The van der Waals surface area contributed by atoms with E-state index in [1.165, 1.54) is 12.1 Å². The summed E-state index contributed by atoms with van der Waals surface area (Å²) in [6.07, 6.45) is 0.708. The number of hydrogen-bond acceptors (Lipinski definition) is 3. The van der Waals surface area contributed by atoms with Crippen LogP contribution in [0.25, 0.3) is 0 Å². The van der Waals surface area contributed by atoms with Crippen molar-refractivity contribution in [2.75, 3.05) is 18.9 Å². The Morgan fingerprint density at radius 1 is 0.950 bits per heavy atom. The Labute approximate surface area is 122 Å². The van der Waals surface area contributed by atoms with Crippen LogP contribution in [0.5, 0.6) is 11.5 Å². The summed E-state index contributed by atoms with van der Waals surface area (Å²) >= 11 is 5.66. The van der Waals surface area contributed by atoms with Gasteiger partial charge < -0.3 is 15.2 Å². The van der Waals surface area contributed by atoms with E-state index in [1.807, 2.05) is 12.1 Å². The lowest BCUT2D eigenvalue weighted by Gasteiger charge is -2.08. The molecule has 3 nitrogen and oxygen atoms in total.